The zero-order valence-corrected chi connectivity index (χ0v) is 12.4. The van der Waals surface area contributed by atoms with Gasteiger partial charge in [-0.2, -0.15) is 0 Å². The van der Waals surface area contributed by atoms with Gasteiger partial charge < -0.3 is 16.0 Å². The maximum Gasteiger partial charge on any atom is 0.239 e. The van der Waals surface area contributed by atoms with Crippen LogP contribution in [0.15, 0.2) is 24.3 Å². The van der Waals surface area contributed by atoms with Crippen LogP contribution in [0.25, 0.3) is 0 Å². The Kier molecular flexibility index (Phi) is 5.36. The second-order valence-electron chi connectivity index (χ2n) is 5.52. The summed E-state index contributed by atoms with van der Waals surface area (Å²) < 4.78 is 0. The molecule has 3 N–H and O–H groups in total. The lowest BCUT2D eigenvalue weighted by molar-refractivity contribution is -0.121. The smallest absolute Gasteiger partial charge is 0.239 e. The zero-order chi connectivity index (χ0) is 14.5. The molecule has 1 amide bonds. The average Bonchev–Trinajstić information content (AvgIpc) is 2.38. The van der Waals surface area contributed by atoms with Crippen molar-refractivity contribution in [1.29, 1.82) is 0 Å². The van der Waals surface area contributed by atoms with E-state index in [4.69, 9.17) is 5.73 Å². The third-order valence-corrected chi connectivity index (χ3v) is 3.33. The number of carbonyl (C=O) groups is 1. The first kappa shape index (κ1) is 15.5. The van der Waals surface area contributed by atoms with Crippen LogP contribution in [0.2, 0.25) is 0 Å². The van der Waals surface area contributed by atoms with E-state index in [2.05, 4.69) is 12.2 Å². The second kappa shape index (κ2) is 6.57. The predicted octanol–water partition coefficient (Wildman–Crippen LogP) is 1.89. The molecule has 19 heavy (non-hydrogen) atoms. The molecule has 0 radical (unpaired) electrons. The summed E-state index contributed by atoms with van der Waals surface area (Å²) in [6.07, 6.45) is 0.908. The number of hydrogen-bond acceptors (Lipinski definition) is 3. The van der Waals surface area contributed by atoms with E-state index in [1.165, 1.54) is 0 Å². The number of likely N-dealkylation sites (N-methyl/N-ethyl adjacent to an activating group) is 1. The molecule has 0 heterocycles. The topological polar surface area (TPSA) is 58.4 Å². The van der Waals surface area contributed by atoms with E-state index in [-0.39, 0.29) is 11.4 Å². The van der Waals surface area contributed by atoms with Crippen LogP contribution < -0.4 is 16.0 Å². The van der Waals surface area contributed by atoms with E-state index in [0.717, 1.165) is 17.7 Å². The van der Waals surface area contributed by atoms with E-state index >= 15 is 0 Å². The van der Waals surface area contributed by atoms with Crippen LogP contribution in [0, 0.1) is 0 Å². The number of nitrogens with zero attached hydrogens (tertiary/aromatic N) is 1. The summed E-state index contributed by atoms with van der Waals surface area (Å²) in [6.45, 7) is 6.98. The van der Waals surface area contributed by atoms with E-state index in [1.807, 2.05) is 50.1 Å². The van der Waals surface area contributed by atoms with Crippen molar-refractivity contribution >= 4 is 11.6 Å². The lowest BCUT2D eigenvalue weighted by Crippen LogP contribution is -2.46. The van der Waals surface area contributed by atoms with E-state index in [9.17, 15) is 4.79 Å². The van der Waals surface area contributed by atoms with Gasteiger partial charge in [0, 0.05) is 24.8 Å². The standard InChI is InChI=1S/C15H25N3O/c1-5-15(2,3)17-14(19)11-18(4)13-8-6-7-12(9-13)10-16/h6-9H,5,10-11,16H2,1-4H3,(H,17,19). The highest BCUT2D eigenvalue weighted by Crippen LogP contribution is 2.14. The summed E-state index contributed by atoms with van der Waals surface area (Å²) in [5.74, 6) is 0.0347. The maximum absolute atomic E-state index is 12.0. The molecule has 0 aliphatic rings. The number of amides is 1. The van der Waals surface area contributed by atoms with Gasteiger partial charge in [0.1, 0.15) is 0 Å². The molecular weight excluding hydrogens is 238 g/mol. The molecule has 0 unspecified atom stereocenters. The minimum Gasteiger partial charge on any atom is -0.365 e. The molecular formula is C15H25N3O. The molecule has 0 saturated heterocycles. The van der Waals surface area contributed by atoms with Crippen LogP contribution >= 0.6 is 0 Å². The summed E-state index contributed by atoms with van der Waals surface area (Å²) in [6, 6.07) is 7.94. The third kappa shape index (κ3) is 4.91. The summed E-state index contributed by atoms with van der Waals surface area (Å²) in [5.41, 5.74) is 7.54. The van der Waals surface area contributed by atoms with Crippen molar-refractivity contribution in [3.05, 3.63) is 29.8 Å². The van der Waals surface area contributed by atoms with Gasteiger partial charge in [0.15, 0.2) is 0 Å². The molecule has 0 aliphatic carbocycles. The van der Waals surface area contributed by atoms with E-state index in [0.29, 0.717) is 13.1 Å². The number of benzene rings is 1. The molecule has 1 aromatic carbocycles. The highest BCUT2D eigenvalue weighted by atomic mass is 16.2. The van der Waals surface area contributed by atoms with E-state index in [1.54, 1.807) is 0 Å². The Hall–Kier alpha value is -1.55. The summed E-state index contributed by atoms with van der Waals surface area (Å²) in [7, 11) is 1.91. The zero-order valence-electron chi connectivity index (χ0n) is 12.4. The van der Waals surface area contributed by atoms with Gasteiger partial charge in [0.25, 0.3) is 0 Å². The molecule has 0 fully saturated rings. The van der Waals surface area contributed by atoms with Gasteiger partial charge in [-0.15, -0.1) is 0 Å². The minimum atomic E-state index is -0.156. The number of anilines is 1. The van der Waals surface area contributed by atoms with Crippen LogP contribution in [0.1, 0.15) is 32.8 Å². The third-order valence-electron chi connectivity index (χ3n) is 3.33. The number of hydrogen-bond donors (Lipinski definition) is 2. The first-order valence-electron chi connectivity index (χ1n) is 6.69. The fourth-order valence-corrected chi connectivity index (χ4v) is 1.73. The summed E-state index contributed by atoms with van der Waals surface area (Å²) in [4.78, 5) is 13.9. The molecule has 0 atom stereocenters. The Morgan fingerprint density at radius 1 is 1.42 bits per heavy atom. The number of carbonyl (C=O) groups excluding carboxylic acids is 1. The monoisotopic (exact) mass is 263 g/mol. The fraction of sp³-hybridized carbons (Fsp3) is 0.533. The first-order valence-corrected chi connectivity index (χ1v) is 6.69. The fourth-order valence-electron chi connectivity index (χ4n) is 1.73. The van der Waals surface area contributed by atoms with Crippen molar-refractivity contribution in [1.82, 2.24) is 5.32 Å². The Balaban J connectivity index is 2.63. The van der Waals surface area contributed by atoms with Gasteiger partial charge in [-0.05, 0) is 38.0 Å². The molecule has 106 valence electrons. The summed E-state index contributed by atoms with van der Waals surface area (Å²) in [5, 5.41) is 3.03. The van der Waals surface area contributed by atoms with Gasteiger partial charge in [0.2, 0.25) is 5.91 Å². The normalized spacial score (nSPS) is 11.2. The molecule has 0 aromatic heterocycles. The Morgan fingerprint density at radius 2 is 2.11 bits per heavy atom. The van der Waals surface area contributed by atoms with Crippen LogP contribution in [0.4, 0.5) is 5.69 Å². The molecule has 0 bridgehead atoms. The van der Waals surface area contributed by atoms with Crippen LogP contribution in [-0.2, 0) is 11.3 Å². The average molecular weight is 263 g/mol. The van der Waals surface area contributed by atoms with Crippen molar-refractivity contribution < 1.29 is 4.79 Å². The summed E-state index contributed by atoms with van der Waals surface area (Å²) >= 11 is 0. The SMILES string of the molecule is CCC(C)(C)NC(=O)CN(C)c1cccc(CN)c1. The second-order valence-corrected chi connectivity index (χ2v) is 5.52. The minimum absolute atomic E-state index is 0.0347. The van der Waals surface area contributed by atoms with Gasteiger partial charge in [-0.1, -0.05) is 19.1 Å². The van der Waals surface area contributed by atoms with Crippen molar-refractivity contribution in [3.8, 4) is 0 Å². The Morgan fingerprint density at radius 3 is 2.68 bits per heavy atom. The molecule has 1 rings (SSSR count). The Bertz CT molecular complexity index is 429. The number of nitrogens with two attached hydrogens (primary N) is 1. The molecule has 0 saturated carbocycles. The van der Waals surface area contributed by atoms with Crippen molar-refractivity contribution in [2.24, 2.45) is 5.73 Å². The maximum atomic E-state index is 12.0. The van der Waals surface area contributed by atoms with E-state index < -0.39 is 0 Å². The highest BCUT2D eigenvalue weighted by molar-refractivity contribution is 5.81. The van der Waals surface area contributed by atoms with Crippen LogP contribution in [0.5, 0.6) is 0 Å². The van der Waals surface area contributed by atoms with Gasteiger partial charge in [-0.25, -0.2) is 0 Å². The predicted molar refractivity (Wildman–Crippen MR) is 80.1 cm³/mol. The van der Waals surface area contributed by atoms with Gasteiger partial charge >= 0.3 is 0 Å². The Labute approximate surface area is 116 Å². The van der Waals surface area contributed by atoms with Crippen molar-refractivity contribution in [2.45, 2.75) is 39.3 Å². The molecule has 1 aromatic rings. The van der Waals surface area contributed by atoms with Crippen molar-refractivity contribution in [2.75, 3.05) is 18.5 Å². The molecule has 4 heteroatoms. The lowest BCUT2D eigenvalue weighted by atomic mass is 10.0. The lowest BCUT2D eigenvalue weighted by Gasteiger charge is -2.27. The largest absolute Gasteiger partial charge is 0.365 e. The number of rotatable bonds is 6. The van der Waals surface area contributed by atoms with Crippen LogP contribution in [-0.4, -0.2) is 25.0 Å². The van der Waals surface area contributed by atoms with Crippen molar-refractivity contribution in [3.63, 3.8) is 0 Å². The first-order chi connectivity index (χ1) is 8.88. The van der Waals surface area contributed by atoms with Crippen LogP contribution in [0.3, 0.4) is 0 Å². The molecule has 0 aliphatic heterocycles. The van der Waals surface area contributed by atoms with Gasteiger partial charge in [0.05, 0.1) is 6.54 Å². The number of nitrogens with one attached hydrogen (secondary N) is 1. The quantitative estimate of drug-likeness (QED) is 0.824. The molecule has 0 spiro atoms. The highest BCUT2D eigenvalue weighted by Gasteiger charge is 2.18. The molecule has 4 nitrogen and oxygen atoms in total. The van der Waals surface area contributed by atoms with Gasteiger partial charge in [-0.3, -0.25) is 4.79 Å².